The van der Waals surface area contributed by atoms with Crippen LogP contribution in [0.25, 0.3) is 16.0 Å². The summed E-state index contributed by atoms with van der Waals surface area (Å²) in [5, 5.41) is 8.38. The standard InChI is InChI=1S/C17H16N6O2S2/c1-3-25-11-4-5-13-12(7-11)21-17(27-13)22-14(24)8-26-15-6-10(2)20-16-18-9-19-23(15)16/h4-7,9H,3,8H2,1-2H3,(H,21,22,24). The van der Waals surface area contributed by atoms with Crippen molar-refractivity contribution in [2.24, 2.45) is 0 Å². The van der Waals surface area contributed by atoms with Gasteiger partial charge in [0.05, 0.1) is 22.6 Å². The van der Waals surface area contributed by atoms with Crippen molar-refractivity contribution in [2.45, 2.75) is 18.9 Å². The molecule has 0 unspecified atom stereocenters. The smallest absolute Gasteiger partial charge is 0.253 e. The van der Waals surface area contributed by atoms with Crippen molar-refractivity contribution < 1.29 is 9.53 Å². The van der Waals surface area contributed by atoms with Crippen molar-refractivity contribution in [1.82, 2.24) is 24.6 Å². The average Bonchev–Trinajstić information content (AvgIpc) is 3.25. The van der Waals surface area contributed by atoms with Gasteiger partial charge in [0.2, 0.25) is 5.91 Å². The lowest BCUT2D eigenvalue weighted by Crippen LogP contribution is -2.14. The fraction of sp³-hybridized carbons (Fsp3) is 0.235. The van der Waals surface area contributed by atoms with Crippen LogP contribution in [0.1, 0.15) is 12.6 Å². The van der Waals surface area contributed by atoms with Gasteiger partial charge in [-0.25, -0.2) is 9.97 Å². The first kappa shape index (κ1) is 17.7. The van der Waals surface area contributed by atoms with Crippen molar-refractivity contribution >= 4 is 50.1 Å². The number of fused-ring (bicyclic) bond motifs is 2. The van der Waals surface area contributed by atoms with Crippen molar-refractivity contribution in [2.75, 3.05) is 17.7 Å². The van der Waals surface area contributed by atoms with Gasteiger partial charge in [0.1, 0.15) is 17.1 Å². The van der Waals surface area contributed by atoms with Crippen LogP contribution >= 0.6 is 23.1 Å². The highest BCUT2D eigenvalue weighted by molar-refractivity contribution is 7.99. The quantitative estimate of drug-likeness (QED) is 0.392. The van der Waals surface area contributed by atoms with E-state index in [0.717, 1.165) is 26.7 Å². The summed E-state index contributed by atoms with van der Waals surface area (Å²) in [5.74, 6) is 1.40. The van der Waals surface area contributed by atoms with E-state index in [1.807, 2.05) is 38.1 Å². The summed E-state index contributed by atoms with van der Waals surface area (Å²) >= 11 is 2.81. The number of nitrogens with zero attached hydrogens (tertiary/aromatic N) is 5. The molecule has 10 heteroatoms. The Kier molecular flexibility index (Phi) is 4.90. The third-order valence-corrected chi connectivity index (χ3v) is 5.56. The first-order valence-corrected chi connectivity index (χ1v) is 10.1. The maximum atomic E-state index is 12.3. The minimum atomic E-state index is -0.133. The molecule has 3 heterocycles. The van der Waals surface area contributed by atoms with E-state index < -0.39 is 0 Å². The Hall–Kier alpha value is -2.72. The highest BCUT2D eigenvalue weighted by atomic mass is 32.2. The molecule has 4 rings (SSSR count). The molecular formula is C17H16N6O2S2. The molecule has 0 aliphatic rings. The molecule has 0 aliphatic carbocycles. The zero-order chi connectivity index (χ0) is 18.8. The molecule has 3 aromatic heterocycles. The first-order valence-electron chi connectivity index (χ1n) is 8.26. The van der Waals surface area contributed by atoms with E-state index in [2.05, 4.69) is 25.4 Å². The van der Waals surface area contributed by atoms with Crippen molar-refractivity contribution in [1.29, 1.82) is 0 Å². The molecule has 1 aromatic carbocycles. The van der Waals surface area contributed by atoms with E-state index in [1.54, 1.807) is 4.52 Å². The molecule has 27 heavy (non-hydrogen) atoms. The van der Waals surface area contributed by atoms with Crippen LogP contribution in [-0.2, 0) is 4.79 Å². The minimum Gasteiger partial charge on any atom is -0.494 e. The summed E-state index contributed by atoms with van der Waals surface area (Å²) in [6.07, 6.45) is 1.45. The summed E-state index contributed by atoms with van der Waals surface area (Å²) in [7, 11) is 0. The number of thioether (sulfide) groups is 1. The highest BCUT2D eigenvalue weighted by Gasteiger charge is 2.12. The molecule has 8 nitrogen and oxygen atoms in total. The van der Waals surface area contributed by atoms with Crippen LogP contribution in [0, 0.1) is 6.92 Å². The molecule has 0 bridgehead atoms. The van der Waals surface area contributed by atoms with Crippen molar-refractivity contribution in [3.05, 3.63) is 36.3 Å². The highest BCUT2D eigenvalue weighted by Crippen LogP contribution is 2.29. The number of carbonyl (C=O) groups is 1. The van der Waals surface area contributed by atoms with Crippen LogP contribution < -0.4 is 10.1 Å². The number of hydrogen-bond acceptors (Lipinski definition) is 8. The molecule has 0 atom stereocenters. The molecule has 138 valence electrons. The molecule has 0 saturated carbocycles. The van der Waals surface area contributed by atoms with Gasteiger partial charge >= 0.3 is 0 Å². The lowest BCUT2D eigenvalue weighted by atomic mass is 10.3. The number of amides is 1. The van der Waals surface area contributed by atoms with Crippen LogP contribution in [0.4, 0.5) is 5.13 Å². The zero-order valence-electron chi connectivity index (χ0n) is 14.7. The Morgan fingerprint density at radius 2 is 2.22 bits per heavy atom. The van der Waals surface area contributed by atoms with Gasteiger partial charge < -0.3 is 10.1 Å². The topological polar surface area (TPSA) is 94.3 Å². The minimum absolute atomic E-state index is 0.133. The Balaban J connectivity index is 1.44. The van der Waals surface area contributed by atoms with E-state index >= 15 is 0 Å². The number of anilines is 1. The zero-order valence-corrected chi connectivity index (χ0v) is 16.3. The number of aromatic nitrogens is 5. The van der Waals surface area contributed by atoms with E-state index in [-0.39, 0.29) is 11.7 Å². The molecule has 4 aromatic rings. The second-order valence-corrected chi connectivity index (χ2v) is 7.65. The fourth-order valence-electron chi connectivity index (χ4n) is 2.51. The molecule has 0 saturated heterocycles. The summed E-state index contributed by atoms with van der Waals surface area (Å²) in [6, 6.07) is 7.61. The SMILES string of the molecule is CCOc1ccc2sc(NC(=O)CSc3cc(C)nc4ncnn34)nc2c1. The van der Waals surface area contributed by atoms with E-state index in [1.165, 1.54) is 29.4 Å². The Labute approximate surface area is 163 Å². The first-order chi connectivity index (χ1) is 13.1. The van der Waals surface area contributed by atoms with Gasteiger partial charge in [0, 0.05) is 11.8 Å². The number of nitrogens with one attached hydrogen (secondary N) is 1. The fourth-order valence-corrected chi connectivity index (χ4v) is 4.23. The Bertz CT molecular complexity index is 1120. The monoisotopic (exact) mass is 400 g/mol. The van der Waals surface area contributed by atoms with Crippen LogP contribution in [0.2, 0.25) is 0 Å². The summed E-state index contributed by atoms with van der Waals surface area (Å²) < 4.78 is 8.10. The molecule has 0 spiro atoms. The second-order valence-electron chi connectivity index (χ2n) is 5.63. The third-order valence-electron chi connectivity index (χ3n) is 3.61. The Morgan fingerprint density at radius 3 is 3.07 bits per heavy atom. The van der Waals surface area contributed by atoms with Gasteiger partial charge in [-0.3, -0.25) is 4.79 Å². The van der Waals surface area contributed by atoms with Gasteiger partial charge in [-0.15, -0.1) is 0 Å². The van der Waals surface area contributed by atoms with Crippen LogP contribution in [-0.4, -0.2) is 42.8 Å². The summed E-state index contributed by atoms with van der Waals surface area (Å²) in [5.41, 5.74) is 1.64. The third kappa shape index (κ3) is 3.86. The van der Waals surface area contributed by atoms with Gasteiger partial charge in [0.15, 0.2) is 5.13 Å². The molecular weight excluding hydrogens is 384 g/mol. The number of rotatable bonds is 6. The van der Waals surface area contributed by atoms with Gasteiger partial charge in [-0.1, -0.05) is 23.1 Å². The van der Waals surface area contributed by atoms with Gasteiger partial charge in [0.25, 0.3) is 5.78 Å². The normalized spacial score (nSPS) is 11.2. The number of thiazole rings is 1. The average molecular weight is 400 g/mol. The van der Waals surface area contributed by atoms with Gasteiger partial charge in [-0.05, 0) is 32.0 Å². The number of hydrogen-bond donors (Lipinski definition) is 1. The molecule has 1 N–H and O–H groups in total. The molecule has 1 amide bonds. The molecule has 0 aliphatic heterocycles. The van der Waals surface area contributed by atoms with Gasteiger partial charge in [-0.2, -0.15) is 14.6 Å². The van der Waals surface area contributed by atoms with E-state index in [4.69, 9.17) is 4.74 Å². The van der Waals surface area contributed by atoms with Crippen LogP contribution in [0.15, 0.2) is 35.6 Å². The number of carbonyl (C=O) groups excluding carboxylic acids is 1. The van der Waals surface area contributed by atoms with E-state index in [0.29, 0.717) is 17.5 Å². The number of ether oxygens (including phenoxy) is 1. The van der Waals surface area contributed by atoms with Crippen molar-refractivity contribution in [3.63, 3.8) is 0 Å². The lowest BCUT2D eigenvalue weighted by Gasteiger charge is -2.04. The van der Waals surface area contributed by atoms with Crippen LogP contribution in [0.3, 0.4) is 0 Å². The number of benzene rings is 1. The largest absolute Gasteiger partial charge is 0.494 e. The summed E-state index contributed by atoms with van der Waals surface area (Å²) in [4.78, 5) is 25.2. The predicted molar refractivity (Wildman–Crippen MR) is 106 cm³/mol. The van der Waals surface area contributed by atoms with Crippen LogP contribution in [0.5, 0.6) is 5.75 Å². The number of aryl methyl sites for hydroxylation is 1. The predicted octanol–water partition coefficient (Wildman–Crippen LogP) is 3.17. The molecule has 0 radical (unpaired) electrons. The van der Waals surface area contributed by atoms with E-state index in [9.17, 15) is 4.79 Å². The lowest BCUT2D eigenvalue weighted by molar-refractivity contribution is -0.113. The molecule has 0 fully saturated rings. The van der Waals surface area contributed by atoms with Crippen molar-refractivity contribution in [3.8, 4) is 5.75 Å². The maximum Gasteiger partial charge on any atom is 0.253 e. The second kappa shape index (κ2) is 7.49. The Morgan fingerprint density at radius 1 is 1.33 bits per heavy atom. The maximum absolute atomic E-state index is 12.3. The summed E-state index contributed by atoms with van der Waals surface area (Å²) in [6.45, 7) is 4.42.